The topological polar surface area (TPSA) is 93.1 Å². The lowest BCUT2D eigenvalue weighted by atomic mass is 9.46. The molecule has 0 spiro atoms. The molecule has 1 saturated heterocycles. The predicted molar refractivity (Wildman–Crippen MR) is 121 cm³/mol. The summed E-state index contributed by atoms with van der Waals surface area (Å²) >= 11 is 0. The first kappa shape index (κ1) is 22.8. The minimum Gasteiger partial charge on any atom is -0.455 e. The third-order valence-electron chi connectivity index (χ3n) is 9.49. The number of ketones is 1. The second-order valence-corrected chi connectivity index (χ2v) is 11.2. The van der Waals surface area contributed by atoms with Crippen molar-refractivity contribution in [3.8, 4) is 0 Å². The Morgan fingerprint density at radius 3 is 2.52 bits per heavy atom. The van der Waals surface area contributed by atoms with Gasteiger partial charge in [0.05, 0.1) is 29.8 Å². The van der Waals surface area contributed by atoms with E-state index in [1.54, 1.807) is 31.2 Å². The van der Waals surface area contributed by atoms with E-state index in [2.05, 4.69) is 0 Å². The average molecular weight is 455 g/mol. The minimum atomic E-state index is -1.38. The van der Waals surface area contributed by atoms with Gasteiger partial charge in [-0.3, -0.25) is 4.79 Å². The van der Waals surface area contributed by atoms with Gasteiger partial charge in [-0.25, -0.2) is 4.79 Å². The van der Waals surface area contributed by atoms with Crippen LogP contribution in [0, 0.1) is 22.7 Å². The number of allylic oxidation sites excluding steroid dienone is 1. The van der Waals surface area contributed by atoms with E-state index in [1.165, 1.54) is 0 Å². The highest BCUT2D eigenvalue weighted by molar-refractivity contribution is 5.90. The smallest absolute Gasteiger partial charge is 0.338 e. The summed E-state index contributed by atoms with van der Waals surface area (Å²) < 4.78 is 12.0. The SMILES string of the molecule is CC1=C2CC(=O)[C@@]3(C)C(O)CC4OCC4[C@H]3[C@H](OC(=O)c3ccccc3)C(O)(CC1)C2(C)C. The molecule has 2 N–H and O–H groups in total. The Morgan fingerprint density at radius 2 is 1.88 bits per heavy atom. The maximum Gasteiger partial charge on any atom is 0.338 e. The van der Waals surface area contributed by atoms with E-state index in [9.17, 15) is 19.8 Å². The second kappa shape index (κ2) is 7.49. The third kappa shape index (κ3) is 3.03. The lowest BCUT2D eigenvalue weighted by Gasteiger charge is -2.63. The van der Waals surface area contributed by atoms with Crippen molar-refractivity contribution in [3.63, 3.8) is 0 Å². The molecule has 6 nitrogen and oxygen atoms in total. The molecule has 1 aromatic carbocycles. The van der Waals surface area contributed by atoms with Gasteiger partial charge in [0.1, 0.15) is 17.5 Å². The van der Waals surface area contributed by atoms with Crippen molar-refractivity contribution in [1.29, 1.82) is 0 Å². The number of hydrogen-bond acceptors (Lipinski definition) is 6. The first-order valence-electron chi connectivity index (χ1n) is 12.0. The quantitative estimate of drug-likeness (QED) is 0.525. The molecule has 0 amide bonds. The fourth-order valence-corrected chi connectivity index (χ4v) is 7.05. The number of ether oxygens (including phenoxy) is 2. The van der Waals surface area contributed by atoms with Crippen molar-refractivity contribution in [2.75, 3.05) is 6.61 Å². The molecule has 1 heterocycles. The van der Waals surface area contributed by atoms with Crippen LogP contribution >= 0.6 is 0 Å². The number of rotatable bonds is 2. The summed E-state index contributed by atoms with van der Waals surface area (Å²) in [6.07, 6.45) is -0.443. The lowest BCUT2D eigenvalue weighted by Crippen LogP contribution is -2.72. The highest BCUT2D eigenvalue weighted by Crippen LogP contribution is 2.61. The Kier molecular flexibility index (Phi) is 5.16. The van der Waals surface area contributed by atoms with Crippen LogP contribution in [0.2, 0.25) is 0 Å². The summed E-state index contributed by atoms with van der Waals surface area (Å²) in [7, 11) is 0. The Bertz CT molecular complexity index is 1010. The van der Waals surface area contributed by atoms with Gasteiger partial charge in [-0.1, -0.05) is 43.2 Å². The molecule has 4 unspecified atom stereocenters. The van der Waals surface area contributed by atoms with E-state index in [4.69, 9.17) is 9.47 Å². The number of hydrogen-bond donors (Lipinski definition) is 2. The Labute approximate surface area is 195 Å². The average Bonchev–Trinajstić information content (AvgIpc) is 2.77. The van der Waals surface area contributed by atoms with Gasteiger partial charge in [0.2, 0.25) is 0 Å². The summed E-state index contributed by atoms with van der Waals surface area (Å²) in [6.45, 7) is 8.17. The number of esters is 1. The molecule has 0 aromatic heterocycles. The zero-order valence-corrected chi connectivity index (χ0v) is 19.8. The fraction of sp³-hybridized carbons (Fsp3) is 0.630. The Morgan fingerprint density at radius 1 is 1.18 bits per heavy atom. The van der Waals surface area contributed by atoms with Crippen LogP contribution in [0.4, 0.5) is 0 Å². The van der Waals surface area contributed by atoms with Gasteiger partial charge in [0.15, 0.2) is 0 Å². The van der Waals surface area contributed by atoms with Gasteiger partial charge in [-0.2, -0.15) is 0 Å². The summed E-state index contributed by atoms with van der Waals surface area (Å²) in [5.74, 6) is -1.17. The standard InChI is InChI=1S/C27H34O6/c1-15-10-11-27(31)23(33-24(30)16-8-6-5-7-9-16)22-17-14-32-19(17)13-21(29)26(22,4)20(28)12-18(15)25(27,2)3/h5-9,17,19,21-23,29,31H,10-14H2,1-4H3/t17?,19?,21?,22-,23-,26-,27?/m0/s1. The molecule has 3 aliphatic carbocycles. The van der Waals surface area contributed by atoms with Crippen LogP contribution in [-0.2, 0) is 14.3 Å². The number of fused-ring (bicyclic) bond motifs is 5. The van der Waals surface area contributed by atoms with Gasteiger partial charge >= 0.3 is 5.97 Å². The van der Waals surface area contributed by atoms with E-state index in [0.717, 1.165) is 11.1 Å². The predicted octanol–water partition coefficient (Wildman–Crippen LogP) is 3.45. The first-order chi connectivity index (χ1) is 15.5. The van der Waals surface area contributed by atoms with E-state index < -0.39 is 40.5 Å². The summed E-state index contributed by atoms with van der Waals surface area (Å²) in [5.41, 5.74) is -0.884. The molecule has 1 aromatic rings. The van der Waals surface area contributed by atoms with E-state index in [0.29, 0.717) is 31.4 Å². The number of carbonyl (C=O) groups is 2. The van der Waals surface area contributed by atoms with Crippen LogP contribution in [0.5, 0.6) is 0 Å². The molecule has 33 heavy (non-hydrogen) atoms. The molecule has 7 atom stereocenters. The van der Waals surface area contributed by atoms with Crippen LogP contribution in [-0.4, -0.2) is 52.5 Å². The van der Waals surface area contributed by atoms with Crippen molar-refractivity contribution < 1.29 is 29.3 Å². The van der Waals surface area contributed by atoms with Gasteiger partial charge in [-0.15, -0.1) is 0 Å². The third-order valence-corrected chi connectivity index (χ3v) is 9.49. The van der Waals surface area contributed by atoms with Crippen LogP contribution in [0.15, 0.2) is 41.5 Å². The number of carbonyl (C=O) groups excluding carboxylic acids is 2. The molecule has 6 heteroatoms. The number of aliphatic hydroxyl groups excluding tert-OH is 1. The monoisotopic (exact) mass is 454 g/mol. The number of Topliss-reactive ketones (excluding diaryl/α,β-unsaturated/α-hetero) is 1. The van der Waals surface area contributed by atoms with Gasteiger partial charge < -0.3 is 19.7 Å². The van der Waals surface area contributed by atoms with Crippen LogP contribution in [0.1, 0.15) is 63.7 Å². The molecule has 2 bridgehead atoms. The van der Waals surface area contributed by atoms with Crippen molar-refractivity contribution in [3.05, 3.63) is 47.0 Å². The molecule has 5 rings (SSSR count). The molecule has 0 radical (unpaired) electrons. The van der Waals surface area contributed by atoms with Crippen molar-refractivity contribution in [2.45, 2.75) is 77.3 Å². The normalized spacial score (nSPS) is 41.8. The van der Waals surface area contributed by atoms with E-state index in [1.807, 2.05) is 26.8 Å². The largest absolute Gasteiger partial charge is 0.455 e. The molecular weight excluding hydrogens is 420 g/mol. The van der Waals surface area contributed by atoms with Crippen molar-refractivity contribution in [2.24, 2.45) is 22.7 Å². The van der Waals surface area contributed by atoms with Gasteiger partial charge in [0.25, 0.3) is 0 Å². The fourth-order valence-electron chi connectivity index (χ4n) is 7.05. The van der Waals surface area contributed by atoms with E-state index in [-0.39, 0.29) is 24.2 Å². The Hall–Kier alpha value is -2.02. The van der Waals surface area contributed by atoms with Gasteiger partial charge in [0, 0.05) is 30.1 Å². The Balaban J connectivity index is 1.69. The zero-order chi connectivity index (χ0) is 23.8. The number of benzene rings is 1. The molecular formula is C27H34O6. The highest BCUT2D eigenvalue weighted by atomic mass is 16.6. The summed E-state index contributed by atoms with van der Waals surface area (Å²) in [4.78, 5) is 27.2. The summed E-state index contributed by atoms with van der Waals surface area (Å²) in [5, 5.41) is 23.7. The van der Waals surface area contributed by atoms with Crippen LogP contribution in [0.25, 0.3) is 0 Å². The summed E-state index contributed by atoms with van der Waals surface area (Å²) in [6, 6.07) is 8.74. The van der Waals surface area contributed by atoms with Crippen LogP contribution < -0.4 is 0 Å². The highest BCUT2D eigenvalue weighted by Gasteiger charge is 2.69. The molecule has 3 fully saturated rings. The molecule has 2 saturated carbocycles. The van der Waals surface area contributed by atoms with Crippen LogP contribution in [0.3, 0.4) is 0 Å². The first-order valence-corrected chi connectivity index (χ1v) is 12.0. The maximum atomic E-state index is 13.9. The van der Waals surface area contributed by atoms with E-state index >= 15 is 0 Å². The molecule has 178 valence electrons. The molecule has 4 aliphatic rings. The zero-order valence-electron chi connectivity index (χ0n) is 19.8. The van der Waals surface area contributed by atoms with Crippen molar-refractivity contribution >= 4 is 11.8 Å². The second-order valence-electron chi connectivity index (χ2n) is 11.2. The minimum absolute atomic E-state index is 0.0440. The maximum absolute atomic E-state index is 13.9. The lowest BCUT2D eigenvalue weighted by molar-refractivity contribution is -0.271. The number of aliphatic hydroxyl groups is 2. The molecule has 1 aliphatic heterocycles. The van der Waals surface area contributed by atoms with Crippen molar-refractivity contribution in [1.82, 2.24) is 0 Å². The van der Waals surface area contributed by atoms with Gasteiger partial charge in [-0.05, 0) is 38.8 Å².